The van der Waals surface area contributed by atoms with Crippen LogP contribution in [0.5, 0.6) is 0 Å². The van der Waals surface area contributed by atoms with E-state index in [0.717, 1.165) is 5.56 Å². The van der Waals surface area contributed by atoms with Gasteiger partial charge >= 0.3 is 0 Å². The third kappa shape index (κ3) is 3.60. The van der Waals surface area contributed by atoms with Crippen LogP contribution < -0.4 is 4.90 Å². The first-order valence-corrected chi connectivity index (χ1v) is 9.15. The fourth-order valence-corrected chi connectivity index (χ4v) is 3.24. The molecule has 3 aromatic rings. The molecule has 0 saturated heterocycles. The van der Waals surface area contributed by atoms with Crippen LogP contribution in [-0.4, -0.2) is 16.7 Å². The van der Waals surface area contributed by atoms with Gasteiger partial charge in [0.25, 0.3) is 11.6 Å². The highest BCUT2D eigenvalue weighted by atomic mass is 19.1. The van der Waals surface area contributed by atoms with E-state index in [1.54, 1.807) is 24.3 Å². The zero-order valence-corrected chi connectivity index (χ0v) is 15.9. The van der Waals surface area contributed by atoms with Crippen molar-refractivity contribution < 1.29 is 14.1 Å². The van der Waals surface area contributed by atoms with E-state index < -0.39 is 16.6 Å². The lowest BCUT2D eigenvalue weighted by molar-refractivity contribution is -0.385. The van der Waals surface area contributed by atoms with Crippen molar-refractivity contribution in [1.82, 2.24) is 0 Å². The number of aliphatic imine (C=N–C) groups is 1. The van der Waals surface area contributed by atoms with Crippen LogP contribution >= 0.6 is 0 Å². The molecule has 0 aliphatic carbocycles. The summed E-state index contributed by atoms with van der Waals surface area (Å²) in [5.41, 5.74) is 2.33. The summed E-state index contributed by atoms with van der Waals surface area (Å²) in [7, 11) is 0. The third-order valence-electron chi connectivity index (χ3n) is 4.65. The first-order chi connectivity index (χ1) is 14.4. The molecule has 1 aliphatic rings. The van der Waals surface area contributed by atoms with Gasteiger partial charge < -0.3 is 0 Å². The van der Waals surface area contributed by atoms with E-state index >= 15 is 0 Å². The first-order valence-electron chi connectivity index (χ1n) is 9.15. The van der Waals surface area contributed by atoms with E-state index in [9.17, 15) is 19.3 Å². The van der Waals surface area contributed by atoms with Crippen LogP contribution in [0.1, 0.15) is 16.7 Å². The van der Waals surface area contributed by atoms with Gasteiger partial charge in [0.15, 0.2) is 0 Å². The number of rotatable bonds is 4. The molecule has 30 heavy (non-hydrogen) atoms. The van der Waals surface area contributed by atoms with Gasteiger partial charge in [0, 0.05) is 11.6 Å². The van der Waals surface area contributed by atoms with Crippen molar-refractivity contribution in [1.29, 1.82) is 0 Å². The standard InChI is InChI=1S/C23H16FN3O3/c1-15-5-4-7-19(13-15)26-22(16-9-11-18(24)12-10-16)25-20(23(26)28)14-17-6-2-3-8-21(17)27(29)30/h2-14H,1H3/b20-14+. The molecule has 7 heteroatoms. The zero-order chi connectivity index (χ0) is 21.3. The molecule has 0 spiro atoms. The summed E-state index contributed by atoms with van der Waals surface area (Å²) in [6, 6.07) is 19.1. The molecule has 4 rings (SSSR count). The molecule has 1 aliphatic heterocycles. The molecule has 148 valence electrons. The Balaban J connectivity index is 1.86. The quantitative estimate of drug-likeness (QED) is 0.355. The van der Waals surface area contributed by atoms with Gasteiger partial charge in [-0.05, 0) is 61.0 Å². The van der Waals surface area contributed by atoms with E-state index in [-0.39, 0.29) is 16.9 Å². The van der Waals surface area contributed by atoms with E-state index in [0.29, 0.717) is 17.1 Å². The summed E-state index contributed by atoms with van der Waals surface area (Å²) in [4.78, 5) is 30.0. The Labute approximate surface area is 171 Å². The Morgan fingerprint density at radius 1 is 1.03 bits per heavy atom. The van der Waals surface area contributed by atoms with Crippen LogP contribution in [0.25, 0.3) is 6.08 Å². The number of nitrogens with zero attached hydrogens (tertiary/aromatic N) is 3. The van der Waals surface area contributed by atoms with Crippen LogP contribution in [0.2, 0.25) is 0 Å². The molecule has 0 unspecified atom stereocenters. The number of aryl methyl sites for hydroxylation is 1. The topological polar surface area (TPSA) is 75.8 Å². The number of hydrogen-bond acceptors (Lipinski definition) is 4. The number of carbonyl (C=O) groups excluding carboxylic acids is 1. The summed E-state index contributed by atoms with van der Waals surface area (Å²) in [6.07, 6.45) is 1.40. The molecule has 0 aromatic heterocycles. The normalized spacial score (nSPS) is 14.9. The van der Waals surface area contributed by atoms with Crippen molar-refractivity contribution >= 4 is 29.2 Å². The van der Waals surface area contributed by atoms with Gasteiger partial charge in [-0.3, -0.25) is 19.8 Å². The number of amides is 1. The second kappa shape index (κ2) is 7.71. The minimum atomic E-state index is -0.505. The van der Waals surface area contributed by atoms with Crippen molar-refractivity contribution in [3.05, 3.63) is 111 Å². The number of nitro benzene ring substituents is 1. The number of anilines is 1. The summed E-state index contributed by atoms with van der Waals surface area (Å²) < 4.78 is 13.4. The minimum absolute atomic E-state index is 0.0603. The molecule has 1 amide bonds. The van der Waals surface area contributed by atoms with E-state index in [4.69, 9.17) is 0 Å². The van der Waals surface area contributed by atoms with Crippen molar-refractivity contribution in [2.24, 2.45) is 4.99 Å². The van der Waals surface area contributed by atoms with Gasteiger partial charge in [-0.2, -0.15) is 0 Å². The number of para-hydroxylation sites is 1. The van der Waals surface area contributed by atoms with Gasteiger partial charge in [-0.1, -0.05) is 24.3 Å². The molecule has 0 atom stereocenters. The lowest BCUT2D eigenvalue weighted by atomic mass is 10.1. The van der Waals surface area contributed by atoms with Crippen LogP contribution in [-0.2, 0) is 4.79 Å². The Hall–Kier alpha value is -4.13. The van der Waals surface area contributed by atoms with Crippen molar-refractivity contribution in [2.45, 2.75) is 6.92 Å². The molecule has 3 aromatic carbocycles. The maximum absolute atomic E-state index is 13.4. The van der Waals surface area contributed by atoms with Gasteiger partial charge in [0.1, 0.15) is 17.3 Å². The number of nitro groups is 1. The Kier molecular flexibility index (Phi) is 4.93. The average Bonchev–Trinajstić information content (AvgIpc) is 3.05. The maximum Gasteiger partial charge on any atom is 0.282 e. The highest BCUT2D eigenvalue weighted by Gasteiger charge is 2.33. The lowest BCUT2D eigenvalue weighted by Gasteiger charge is -2.19. The van der Waals surface area contributed by atoms with E-state index in [2.05, 4.69) is 4.99 Å². The first kappa shape index (κ1) is 19.2. The molecule has 1 heterocycles. The number of halogens is 1. The fraction of sp³-hybridized carbons (Fsp3) is 0.0435. The fourth-order valence-electron chi connectivity index (χ4n) is 3.24. The van der Waals surface area contributed by atoms with Crippen LogP contribution in [0, 0.1) is 22.9 Å². The smallest absolute Gasteiger partial charge is 0.266 e. The monoisotopic (exact) mass is 401 g/mol. The maximum atomic E-state index is 13.4. The number of carbonyl (C=O) groups is 1. The van der Waals surface area contributed by atoms with Gasteiger partial charge in [-0.25, -0.2) is 9.38 Å². The van der Waals surface area contributed by atoms with Gasteiger partial charge in [0.05, 0.1) is 16.2 Å². The summed E-state index contributed by atoms with van der Waals surface area (Å²) in [5.74, 6) is -0.491. The number of amidine groups is 1. The van der Waals surface area contributed by atoms with Gasteiger partial charge in [-0.15, -0.1) is 0 Å². The predicted molar refractivity (Wildman–Crippen MR) is 113 cm³/mol. The van der Waals surface area contributed by atoms with Crippen LogP contribution in [0.15, 0.2) is 83.5 Å². The van der Waals surface area contributed by atoms with Crippen LogP contribution in [0.4, 0.5) is 15.8 Å². The Morgan fingerprint density at radius 3 is 2.47 bits per heavy atom. The second-order valence-corrected chi connectivity index (χ2v) is 6.77. The van der Waals surface area contributed by atoms with Gasteiger partial charge in [0.2, 0.25) is 0 Å². The van der Waals surface area contributed by atoms with E-state index in [1.807, 2.05) is 25.1 Å². The number of hydrogen-bond donors (Lipinski definition) is 0. The number of benzene rings is 3. The van der Waals surface area contributed by atoms with Crippen LogP contribution in [0.3, 0.4) is 0 Å². The summed E-state index contributed by atoms with van der Waals surface area (Å²) in [6.45, 7) is 1.91. The van der Waals surface area contributed by atoms with E-state index in [1.165, 1.54) is 41.3 Å². The van der Waals surface area contributed by atoms with Crippen molar-refractivity contribution in [3.8, 4) is 0 Å². The predicted octanol–water partition coefficient (Wildman–Crippen LogP) is 4.88. The molecular formula is C23H16FN3O3. The lowest BCUT2D eigenvalue weighted by Crippen LogP contribution is -2.32. The second-order valence-electron chi connectivity index (χ2n) is 6.77. The molecule has 6 nitrogen and oxygen atoms in total. The molecular weight excluding hydrogens is 385 g/mol. The Bertz CT molecular complexity index is 1220. The molecule has 0 N–H and O–H groups in total. The summed E-state index contributed by atoms with van der Waals surface area (Å²) in [5, 5.41) is 11.3. The van der Waals surface area contributed by atoms with Crippen molar-refractivity contribution in [3.63, 3.8) is 0 Å². The zero-order valence-electron chi connectivity index (χ0n) is 15.9. The third-order valence-corrected chi connectivity index (χ3v) is 4.65. The molecule has 0 saturated carbocycles. The minimum Gasteiger partial charge on any atom is -0.266 e. The summed E-state index contributed by atoms with van der Waals surface area (Å²) >= 11 is 0. The molecule has 0 radical (unpaired) electrons. The highest BCUT2D eigenvalue weighted by Crippen LogP contribution is 2.30. The average molecular weight is 401 g/mol. The Morgan fingerprint density at radius 2 is 1.77 bits per heavy atom. The molecule has 0 bridgehead atoms. The SMILES string of the molecule is Cc1cccc(N2C(=O)/C(=C\c3ccccc3[N+](=O)[O-])N=C2c2ccc(F)cc2)c1. The molecule has 0 fully saturated rings. The van der Waals surface area contributed by atoms with Crippen molar-refractivity contribution in [2.75, 3.05) is 4.90 Å². The highest BCUT2D eigenvalue weighted by molar-refractivity contribution is 6.33. The largest absolute Gasteiger partial charge is 0.282 e.